The summed E-state index contributed by atoms with van der Waals surface area (Å²) in [7, 11) is 0. The number of nitrogens with zero attached hydrogens (tertiary/aromatic N) is 1. The fourth-order valence-corrected chi connectivity index (χ4v) is 1.38. The minimum atomic E-state index is -0.341. The van der Waals surface area contributed by atoms with Gasteiger partial charge in [0, 0.05) is 12.6 Å². The van der Waals surface area contributed by atoms with Gasteiger partial charge in [0.2, 0.25) is 0 Å². The summed E-state index contributed by atoms with van der Waals surface area (Å²) in [5.41, 5.74) is 0.196. The van der Waals surface area contributed by atoms with Crippen LogP contribution in [-0.4, -0.2) is 14.8 Å². The molecule has 2 N–H and O–H groups in total. The van der Waals surface area contributed by atoms with Crippen molar-refractivity contribution in [2.75, 3.05) is 0 Å². The van der Waals surface area contributed by atoms with Crippen LogP contribution in [0.15, 0.2) is 10.9 Å². The van der Waals surface area contributed by atoms with Gasteiger partial charge in [0.25, 0.3) is 5.56 Å². The molecule has 4 heteroatoms. The number of pyridine rings is 1. The molecule has 0 saturated carbocycles. The van der Waals surface area contributed by atoms with E-state index in [1.807, 2.05) is 13.8 Å². The van der Waals surface area contributed by atoms with E-state index in [0.29, 0.717) is 18.7 Å². The summed E-state index contributed by atoms with van der Waals surface area (Å²) in [5, 5.41) is 18.6. The standard InChI is InChI=1S/C9H13NO3/c1-3-6-9(13)7(11)5-8(12)10(6)4-2/h5,11,13H,3-4H2,1-2H3. The van der Waals surface area contributed by atoms with Crippen molar-refractivity contribution < 1.29 is 10.2 Å². The van der Waals surface area contributed by atoms with Gasteiger partial charge in [0.05, 0.1) is 5.69 Å². The van der Waals surface area contributed by atoms with Crippen LogP contribution >= 0.6 is 0 Å². The summed E-state index contributed by atoms with van der Waals surface area (Å²) >= 11 is 0. The van der Waals surface area contributed by atoms with E-state index in [-0.39, 0.29) is 17.1 Å². The first-order chi connectivity index (χ1) is 6.11. The second-order valence-corrected chi connectivity index (χ2v) is 2.76. The third kappa shape index (κ3) is 1.52. The highest BCUT2D eigenvalue weighted by atomic mass is 16.3. The Labute approximate surface area is 76.1 Å². The van der Waals surface area contributed by atoms with Crippen molar-refractivity contribution in [3.8, 4) is 11.5 Å². The molecule has 0 spiro atoms. The van der Waals surface area contributed by atoms with Gasteiger partial charge in [-0.15, -0.1) is 0 Å². The number of aromatic nitrogens is 1. The van der Waals surface area contributed by atoms with Crippen LogP contribution in [0, 0.1) is 0 Å². The highest BCUT2D eigenvalue weighted by Crippen LogP contribution is 2.26. The summed E-state index contributed by atoms with van der Waals surface area (Å²) in [4.78, 5) is 11.3. The lowest BCUT2D eigenvalue weighted by molar-refractivity contribution is 0.389. The van der Waals surface area contributed by atoms with Gasteiger partial charge in [-0.2, -0.15) is 0 Å². The van der Waals surface area contributed by atoms with Crippen LogP contribution in [0.2, 0.25) is 0 Å². The summed E-state index contributed by atoms with van der Waals surface area (Å²) in [6, 6.07) is 1.03. The van der Waals surface area contributed by atoms with Crippen molar-refractivity contribution in [2.24, 2.45) is 0 Å². The molecule has 0 unspecified atom stereocenters. The zero-order valence-corrected chi connectivity index (χ0v) is 7.74. The quantitative estimate of drug-likeness (QED) is 0.714. The van der Waals surface area contributed by atoms with Crippen LogP contribution < -0.4 is 5.56 Å². The molecule has 0 aliphatic carbocycles. The summed E-state index contributed by atoms with van der Waals surface area (Å²) in [6.07, 6.45) is 0.517. The largest absolute Gasteiger partial charge is 0.504 e. The van der Waals surface area contributed by atoms with Crippen molar-refractivity contribution in [1.82, 2.24) is 4.57 Å². The molecular weight excluding hydrogens is 170 g/mol. The highest BCUT2D eigenvalue weighted by Gasteiger charge is 2.11. The third-order valence-corrected chi connectivity index (χ3v) is 2.02. The Kier molecular flexibility index (Phi) is 2.60. The van der Waals surface area contributed by atoms with E-state index in [1.54, 1.807) is 0 Å². The van der Waals surface area contributed by atoms with Gasteiger partial charge in [0.1, 0.15) is 0 Å². The van der Waals surface area contributed by atoms with E-state index in [1.165, 1.54) is 4.57 Å². The molecule has 0 aliphatic heterocycles. The summed E-state index contributed by atoms with van der Waals surface area (Å²) in [6.45, 7) is 4.13. The topological polar surface area (TPSA) is 62.5 Å². The molecule has 1 aromatic heterocycles. The normalized spacial score (nSPS) is 10.3. The molecule has 13 heavy (non-hydrogen) atoms. The van der Waals surface area contributed by atoms with Crippen molar-refractivity contribution in [1.29, 1.82) is 0 Å². The first-order valence-electron chi connectivity index (χ1n) is 4.26. The Bertz CT molecular complexity index is 368. The molecule has 0 aliphatic rings. The first-order valence-corrected chi connectivity index (χ1v) is 4.26. The minimum Gasteiger partial charge on any atom is -0.504 e. The van der Waals surface area contributed by atoms with E-state index in [0.717, 1.165) is 6.07 Å². The first kappa shape index (κ1) is 9.64. The highest BCUT2D eigenvalue weighted by molar-refractivity contribution is 5.40. The lowest BCUT2D eigenvalue weighted by Gasteiger charge is -2.11. The smallest absolute Gasteiger partial charge is 0.254 e. The molecule has 72 valence electrons. The van der Waals surface area contributed by atoms with Crippen LogP contribution in [0.4, 0.5) is 0 Å². The van der Waals surface area contributed by atoms with Crippen molar-refractivity contribution in [3.63, 3.8) is 0 Å². The molecule has 0 saturated heterocycles. The molecule has 0 amide bonds. The predicted molar refractivity (Wildman–Crippen MR) is 49.1 cm³/mol. The maximum atomic E-state index is 11.3. The molecule has 1 rings (SSSR count). The van der Waals surface area contributed by atoms with Crippen LogP contribution in [0.5, 0.6) is 11.5 Å². The molecule has 0 radical (unpaired) electrons. The van der Waals surface area contributed by atoms with Gasteiger partial charge in [-0.05, 0) is 13.3 Å². The molecule has 0 bridgehead atoms. The lowest BCUT2D eigenvalue weighted by atomic mass is 10.2. The monoisotopic (exact) mass is 183 g/mol. The summed E-state index contributed by atoms with van der Waals surface area (Å²) < 4.78 is 1.44. The van der Waals surface area contributed by atoms with E-state index >= 15 is 0 Å². The van der Waals surface area contributed by atoms with Gasteiger partial charge in [-0.25, -0.2) is 0 Å². The Morgan fingerprint density at radius 1 is 1.38 bits per heavy atom. The second kappa shape index (κ2) is 3.51. The maximum Gasteiger partial charge on any atom is 0.254 e. The van der Waals surface area contributed by atoms with Crippen molar-refractivity contribution >= 4 is 0 Å². The Morgan fingerprint density at radius 2 is 2.00 bits per heavy atom. The van der Waals surface area contributed by atoms with Gasteiger partial charge >= 0.3 is 0 Å². The van der Waals surface area contributed by atoms with E-state index in [2.05, 4.69) is 0 Å². The van der Waals surface area contributed by atoms with Gasteiger partial charge < -0.3 is 14.8 Å². The third-order valence-electron chi connectivity index (χ3n) is 2.02. The van der Waals surface area contributed by atoms with Gasteiger partial charge in [-0.1, -0.05) is 6.92 Å². The Hall–Kier alpha value is -1.45. The number of rotatable bonds is 2. The molecule has 4 nitrogen and oxygen atoms in total. The zero-order valence-electron chi connectivity index (χ0n) is 7.74. The van der Waals surface area contributed by atoms with Crippen LogP contribution in [0.25, 0.3) is 0 Å². The predicted octanol–water partition coefficient (Wildman–Crippen LogP) is 0.842. The molecular formula is C9H13NO3. The Balaban J connectivity index is 3.51. The van der Waals surface area contributed by atoms with E-state index in [4.69, 9.17) is 5.11 Å². The fourth-order valence-electron chi connectivity index (χ4n) is 1.38. The van der Waals surface area contributed by atoms with Gasteiger partial charge in [0.15, 0.2) is 11.5 Å². The van der Waals surface area contributed by atoms with Crippen LogP contribution in [0.3, 0.4) is 0 Å². The van der Waals surface area contributed by atoms with Crippen LogP contribution in [0.1, 0.15) is 19.5 Å². The van der Waals surface area contributed by atoms with Crippen LogP contribution in [-0.2, 0) is 13.0 Å². The average Bonchev–Trinajstić information content (AvgIpc) is 2.10. The average molecular weight is 183 g/mol. The zero-order chi connectivity index (χ0) is 10.0. The lowest BCUT2D eigenvalue weighted by Crippen LogP contribution is -2.21. The molecule has 0 fully saturated rings. The Morgan fingerprint density at radius 3 is 2.46 bits per heavy atom. The van der Waals surface area contributed by atoms with Crippen molar-refractivity contribution in [3.05, 3.63) is 22.1 Å². The molecule has 1 aromatic rings. The van der Waals surface area contributed by atoms with E-state index < -0.39 is 0 Å². The SMILES string of the molecule is CCc1c(O)c(O)cc(=O)n1CC. The number of hydrogen-bond donors (Lipinski definition) is 2. The summed E-state index contributed by atoms with van der Waals surface area (Å²) in [5.74, 6) is -0.532. The van der Waals surface area contributed by atoms with Crippen molar-refractivity contribution in [2.45, 2.75) is 26.8 Å². The molecule has 0 aromatic carbocycles. The molecule has 0 atom stereocenters. The number of hydrogen-bond acceptors (Lipinski definition) is 3. The fraction of sp³-hybridized carbons (Fsp3) is 0.444. The molecule has 1 heterocycles. The minimum absolute atomic E-state index is 0.191. The number of aromatic hydroxyl groups is 2. The van der Waals surface area contributed by atoms with Gasteiger partial charge in [-0.3, -0.25) is 4.79 Å². The van der Waals surface area contributed by atoms with E-state index in [9.17, 15) is 9.90 Å². The second-order valence-electron chi connectivity index (χ2n) is 2.76. The maximum absolute atomic E-state index is 11.3.